The maximum Gasteiger partial charge on any atom is 0.252 e. The second-order valence-corrected chi connectivity index (χ2v) is 5.47. The highest BCUT2D eigenvalue weighted by molar-refractivity contribution is 5.89. The summed E-state index contributed by atoms with van der Waals surface area (Å²) in [5, 5.41) is 2.82. The molecule has 0 aromatic rings. The molecular formula is C14H25N3O4. The molecule has 2 saturated heterocycles. The second kappa shape index (κ2) is 7.72. The predicted molar refractivity (Wildman–Crippen MR) is 76.6 cm³/mol. The number of nitrogens with two attached hydrogens (primary N) is 1. The zero-order chi connectivity index (χ0) is 15.2. The molecule has 0 bridgehead atoms. The molecule has 2 aliphatic heterocycles. The Morgan fingerprint density at radius 2 is 2.19 bits per heavy atom. The average molecular weight is 299 g/mol. The molecule has 2 heterocycles. The monoisotopic (exact) mass is 299 g/mol. The Bertz CT molecular complexity index is 377. The summed E-state index contributed by atoms with van der Waals surface area (Å²) in [5.74, 6) is -0.274. The third kappa shape index (κ3) is 3.93. The Labute approximate surface area is 125 Å². The Morgan fingerprint density at radius 3 is 2.86 bits per heavy atom. The largest absolute Gasteiger partial charge is 0.377 e. The van der Waals surface area contributed by atoms with Crippen LogP contribution in [0, 0.1) is 0 Å². The molecule has 2 aliphatic rings. The number of carbonyl (C=O) groups is 2. The smallest absolute Gasteiger partial charge is 0.252 e. The van der Waals surface area contributed by atoms with Gasteiger partial charge in [-0.15, -0.1) is 0 Å². The van der Waals surface area contributed by atoms with Crippen molar-refractivity contribution in [2.45, 2.75) is 44.4 Å². The Morgan fingerprint density at radius 1 is 1.38 bits per heavy atom. The lowest BCUT2D eigenvalue weighted by atomic mass is 10.1. The molecule has 3 unspecified atom stereocenters. The number of amides is 2. The van der Waals surface area contributed by atoms with Gasteiger partial charge in [-0.05, 0) is 19.3 Å². The zero-order valence-electron chi connectivity index (χ0n) is 12.5. The summed E-state index contributed by atoms with van der Waals surface area (Å²) in [5.41, 5.74) is 5.57. The summed E-state index contributed by atoms with van der Waals surface area (Å²) in [6.07, 6.45) is 1.80. The SMILES string of the molecule is CCCNC(=O)C1COCCN1C(=O)C1CCC(CN)O1. The van der Waals surface area contributed by atoms with Crippen LogP contribution in [0.25, 0.3) is 0 Å². The van der Waals surface area contributed by atoms with Crippen LogP contribution in [-0.4, -0.2) is 67.8 Å². The Balaban J connectivity index is 1.97. The van der Waals surface area contributed by atoms with Gasteiger partial charge in [0.2, 0.25) is 5.91 Å². The van der Waals surface area contributed by atoms with Crippen LogP contribution in [0.2, 0.25) is 0 Å². The topological polar surface area (TPSA) is 93.9 Å². The summed E-state index contributed by atoms with van der Waals surface area (Å²) in [6, 6.07) is -0.557. The minimum Gasteiger partial charge on any atom is -0.377 e. The first-order valence-electron chi connectivity index (χ1n) is 7.68. The number of nitrogens with zero attached hydrogens (tertiary/aromatic N) is 1. The first-order valence-corrected chi connectivity index (χ1v) is 7.68. The van der Waals surface area contributed by atoms with E-state index in [9.17, 15) is 9.59 Å². The maximum absolute atomic E-state index is 12.6. The second-order valence-electron chi connectivity index (χ2n) is 5.47. The van der Waals surface area contributed by atoms with Crippen LogP contribution in [0.4, 0.5) is 0 Å². The van der Waals surface area contributed by atoms with Gasteiger partial charge in [0.25, 0.3) is 5.91 Å². The molecule has 7 nitrogen and oxygen atoms in total. The van der Waals surface area contributed by atoms with Gasteiger partial charge in [0, 0.05) is 19.6 Å². The van der Waals surface area contributed by atoms with Crippen molar-refractivity contribution >= 4 is 11.8 Å². The molecule has 0 aromatic carbocycles. The standard InChI is InChI=1S/C14H25N3O4/c1-2-5-16-13(18)11-9-20-7-6-17(11)14(19)12-4-3-10(8-15)21-12/h10-12H,2-9,15H2,1H3,(H,16,18). The number of ether oxygens (including phenoxy) is 2. The highest BCUT2D eigenvalue weighted by Crippen LogP contribution is 2.22. The van der Waals surface area contributed by atoms with Gasteiger partial charge in [0.1, 0.15) is 12.1 Å². The van der Waals surface area contributed by atoms with Crippen LogP contribution in [0.15, 0.2) is 0 Å². The molecule has 120 valence electrons. The molecular weight excluding hydrogens is 274 g/mol. The number of hydrogen-bond donors (Lipinski definition) is 2. The van der Waals surface area contributed by atoms with Crippen molar-refractivity contribution in [1.29, 1.82) is 0 Å². The van der Waals surface area contributed by atoms with Crippen LogP contribution in [0.3, 0.4) is 0 Å². The number of hydrogen-bond acceptors (Lipinski definition) is 5. The molecule has 0 aliphatic carbocycles. The van der Waals surface area contributed by atoms with Crippen molar-refractivity contribution in [3.8, 4) is 0 Å². The number of carbonyl (C=O) groups excluding carboxylic acids is 2. The normalized spacial score (nSPS) is 29.4. The van der Waals surface area contributed by atoms with Gasteiger partial charge in [-0.3, -0.25) is 9.59 Å². The number of rotatable bonds is 5. The minimum absolute atomic E-state index is 0.0487. The van der Waals surface area contributed by atoms with Crippen molar-refractivity contribution in [2.75, 3.05) is 32.8 Å². The van der Waals surface area contributed by atoms with E-state index < -0.39 is 12.1 Å². The van der Waals surface area contributed by atoms with Crippen molar-refractivity contribution < 1.29 is 19.1 Å². The molecule has 2 rings (SSSR count). The molecule has 0 aromatic heterocycles. The van der Waals surface area contributed by atoms with Crippen LogP contribution >= 0.6 is 0 Å². The molecule has 0 radical (unpaired) electrons. The van der Waals surface area contributed by atoms with Gasteiger partial charge in [-0.2, -0.15) is 0 Å². The van der Waals surface area contributed by atoms with Crippen molar-refractivity contribution in [3.63, 3.8) is 0 Å². The summed E-state index contributed by atoms with van der Waals surface area (Å²) in [4.78, 5) is 26.3. The van der Waals surface area contributed by atoms with Crippen LogP contribution in [-0.2, 0) is 19.1 Å². The van der Waals surface area contributed by atoms with Crippen LogP contribution in [0.5, 0.6) is 0 Å². The molecule has 0 spiro atoms. The highest BCUT2D eigenvalue weighted by Gasteiger charge is 2.39. The van der Waals surface area contributed by atoms with E-state index in [1.54, 1.807) is 4.90 Å². The fraction of sp³-hybridized carbons (Fsp3) is 0.857. The number of nitrogens with one attached hydrogen (secondary N) is 1. The van der Waals surface area contributed by atoms with Gasteiger partial charge >= 0.3 is 0 Å². The average Bonchev–Trinajstić information content (AvgIpc) is 3.01. The van der Waals surface area contributed by atoms with Gasteiger partial charge in [-0.1, -0.05) is 6.92 Å². The fourth-order valence-corrected chi connectivity index (χ4v) is 2.70. The first-order chi connectivity index (χ1) is 10.2. The minimum atomic E-state index is -0.557. The number of morpholine rings is 1. The predicted octanol–water partition coefficient (Wildman–Crippen LogP) is -0.754. The van der Waals surface area contributed by atoms with E-state index in [2.05, 4.69) is 5.32 Å². The molecule has 0 saturated carbocycles. The molecule has 2 fully saturated rings. The maximum atomic E-state index is 12.6. The van der Waals surface area contributed by atoms with Crippen molar-refractivity contribution in [2.24, 2.45) is 5.73 Å². The third-order valence-electron chi connectivity index (χ3n) is 3.91. The fourth-order valence-electron chi connectivity index (χ4n) is 2.70. The molecule has 2 amide bonds. The van der Waals surface area contributed by atoms with Crippen molar-refractivity contribution in [3.05, 3.63) is 0 Å². The highest BCUT2D eigenvalue weighted by atomic mass is 16.5. The van der Waals surface area contributed by atoms with E-state index in [1.807, 2.05) is 6.92 Å². The van der Waals surface area contributed by atoms with Crippen LogP contribution < -0.4 is 11.1 Å². The van der Waals surface area contributed by atoms with Crippen LogP contribution in [0.1, 0.15) is 26.2 Å². The summed E-state index contributed by atoms with van der Waals surface area (Å²) in [7, 11) is 0. The van der Waals surface area contributed by atoms with Crippen molar-refractivity contribution in [1.82, 2.24) is 10.2 Å². The summed E-state index contributed by atoms with van der Waals surface area (Å²) >= 11 is 0. The van der Waals surface area contributed by atoms with E-state index in [1.165, 1.54) is 0 Å². The van der Waals surface area contributed by atoms with Gasteiger partial charge in [0.15, 0.2) is 0 Å². The summed E-state index contributed by atoms with van der Waals surface area (Å²) in [6.45, 7) is 4.14. The van der Waals surface area contributed by atoms with E-state index in [4.69, 9.17) is 15.2 Å². The lowest BCUT2D eigenvalue weighted by molar-refractivity contribution is -0.156. The summed E-state index contributed by atoms with van der Waals surface area (Å²) < 4.78 is 11.0. The van der Waals surface area contributed by atoms with E-state index >= 15 is 0 Å². The first kappa shape index (κ1) is 16.2. The third-order valence-corrected chi connectivity index (χ3v) is 3.91. The van der Waals surface area contributed by atoms with E-state index in [-0.39, 0.29) is 24.5 Å². The van der Waals surface area contributed by atoms with Gasteiger partial charge < -0.3 is 25.4 Å². The molecule has 3 atom stereocenters. The Kier molecular flexibility index (Phi) is 5.96. The quantitative estimate of drug-likeness (QED) is 0.696. The zero-order valence-corrected chi connectivity index (χ0v) is 12.5. The van der Waals surface area contributed by atoms with E-state index in [0.29, 0.717) is 32.7 Å². The van der Waals surface area contributed by atoms with E-state index in [0.717, 1.165) is 12.8 Å². The lowest BCUT2D eigenvalue weighted by Gasteiger charge is -2.35. The lowest BCUT2D eigenvalue weighted by Crippen LogP contribution is -2.58. The Hall–Kier alpha value is -1.18. The van der Waals surface area contributed by atoms with Gasteiger partial charge in [-0.25, -0.2) is 0 Å². The van der Waals surface area contributed by atoms with Gasteiger partial charge in [0.05, 0.1) is 19.3 Å². The molecule has 21 heavy (non-hydrogen) atoms. The molecule has 7 heteroatoms. The molecule has 3 N–H and O–H groups in total.